The van der Waals surface area contributed by atoms with Gasteiger partial charge in [-0.1, -0.05) is 86.1 Å². The van der Waals surface area contributed by atoms with Crippen molar-refractivity contribution in [1.82, 2.24) is 15.1 Å². The van der Waals surface area contributed by atoms with E-state index in [0.717, 1.165) is 66.8 Å². The van der Waals surface area contributed by atoms with Crippen molar-refractivity contribution in [1.29, 1.82) is 0 Å². The van der Waals surface area contributed by atoms with Crippen LogP contribution < -0.4 is 5.32 Å². The lowest BCUT2D eigenvalue weighted by Gasteiger charge is -2.36. The lowest BCUT2D eigenvalue weighted by Crippen LogP contribution is -2.36. The summed E-state index contributed by atoms with van der Waals surface area (Å²) in [5.41, 5.74) is 4.13. The number of hydrogen-bond donors (Lipinski definition) is 1. The van der Waals surface area contributed by atoms with Crippen molar-refractivity contribution in [2.24, 2.45) is 22.2 Å². The minimum Gasteiger partial charge on any atom is -0.476 e. The molecule has 4 atom stereocenters. The maximum absolute atomic E-state index is 17.9. The molecule has 3 heterocycles. The summed E-state index contributed by atoms with van der Waals surface area (Å²) in [7, 11) is 2.11. The Hall–Kier alpha value is -3.11. The fourth-order valence-electron chi connectivity index (χ4n) is 8.70. The van der Waals surface area contributed by atoms with Gasteiger partial charge >= 0.3 is 0 Å². The van der Waals surface area contributed by atoms with Gasteiger partial charge in [0.25, 0.3) is 0 Å². The number of likely N-dealkylation sites (tertiary alicyclic amines) is 1. The first-order valence-electron chi connectivity index (χ1n) is 22.0. The molecule has 0 radical (unpaired) electrons. The van der Waals surface area contributed by atoms with Crippen molar-refractivity contribution >= 4 is 50.1 Å². The first kappa shape index (κ1) is 46.9. The van der Waals surface area contributed by atoms with Gasteiger partial charge in [-0.15, -0.1) is 11.3 Å². The van der Waals surface area contributed by atoms with Crippen molar-refractivity contribution in [3.05, 3.63) is 86.8 Å². The van der Waals surface area contributed by atoms with Crippen LogP contribution in [0.15, 0.2) is 69.9 Å². The van der Waals surface area contributed by atoms with Gasteiger partial charge in [0.15, 0.2) is 11.6 Å². The van der Waals surface area contributed by atoms with Crippen LogP contribution in [0.5, 0.6) is 0 Å². The minimum absolute atomic E-state index is 0.0185. The van der Waals surface area contributed by atoms with E-state index in [-0.39, 0.29) is 45.9 Å². The van der Waals surface area contributed by atoms with Crippen LogP contribution in [0.2, 0.25) is 0 Å². The first-order chi connectivity index (χ1) is 28.0. The molecule has 1 aromatic heterocycles. The van der Waals surface area contributed by atoms with Crippen molar-refractivity contribution in [2.45, 2.75) is 138 Å². The number of fused-ring (bicyclic) bond motifs is 1. The summed E-state index contributed by atoms with van der Waals surface area (Å²) in [6.07, 6.45) is 12.8. The zero-order chi connectivity index (χ0) is 43.3. The molecule has 1 aromatic carbocycles. The number of benzene rings is 1. The predicted molar refractivity (Wildman–Crippen MR) is 246 cm³/mol. The molecule has 4 unspecified atom stereocenters. The standard InChI is InChI=1S/C45H63ClF2N4OS.C4H6O/c1-11-14-37(53-24-30-22-45(19-20-45)25-52(30)13-3)50-42-32(29(9)51(10)36(26(4)5)18-15-28(8)12-2)21-33(46)38(41(42)48)31-16-17-34(47)44-39(31)40(35-23-49-35)43(54-44)27(6)7;1-3-4(2)5/h14,16-17,21,26-28,30,35-36,49H,11-13,15,18-20,22-25H2,1-10H3;3H,1H2,2H3/b32-29+,37-14-,50-42+;. The van der Waals surface area contributed by atoms with Gasteiger partial charge in [-0.2, -0.15) is 0 Å². The smallest absolute Gasteiger partial charge is 0.209 e. The van der Waals surface area contributed by atoms with E-state index in [4.69, 9.17) is 21.3 Å². The topological polar surface area (TPSA) is 67.1 Å². The average molecular weight is 852 g/mol. The molecule has 2 aliphatic heterocycles. The summed E-state index contributed by atoms with van der Waals surface area (Å²) in [5, 5.41) is 4.47. The van der Waals surface area contributed by atoms with Gasteiger partial charge in [-0.05, 0) is 118 Å². The van der Waals surface area contributed by atoms with E-state index in [9.17, 15) is 4.79 Å². The molecule has 10 heteroatoms. The molecule has 1 spiro atoms. The SMILES string of the molecule is C=CC(C)=O.CC/C=C(/N=C1/C(F)=C(c2ccc(F)c3sc(C(C)C)c(C4CN4)c23)C(Cl)=C/C1=C(/C)N(C)C(CCC(C)CC)C(C)C)OCC1CC2(CC2)CN1CC. The van der Waals surface area contributed by atoms with E-state index in [1.165, 1.54) is 43.2 Å². The number of carbonyl (C=O) groups excluding carboxylic acids is 1. The quantitative estimate of drug-likeness (QED) is 0.0975. The number of rotatable bonds is 17. The lowest BCUT2D eigenvalue weighted by atomic mass is 9.88. The van der Waals surface area contributed by atoms with Gasteiger partial charge in [0.2, 0.25) is 5.88 Å². The second-order valence-electron chi connectivity index (χ2n) is 17.9. The Bertz CT molecular complexity index is 2020. The third-order valence-corrected chi connectivity index (χ3v) is 14.6. The number of thiophene rings is 1. The number of likely N-dealkylation sites (N-methyl/N-ethyl adjacent to an activating group) is 1. The molecule has 1 saturated carbocycles. The summed E-state index contributed by atoms with van der Waals surface area (Å²) in [6.45, 7) is 27.8. The monoisotopic (exact) mass is 850 g/mol. The maximum Gasteiger partial charge on any atom is 0.209 e. The minimum atomic E-state index is -0.510. The van der Waals surface area contributed by atoms with Crippen LogP contribution in [0.4, 0.5) is 8.78 Å². The highest BCUT2D eigenvalue weighted by Crippen LogP contribution is 2.55. The Morgan fingerprint density at radius 3 is 2.37 bits per heavy atom. The van der Waals surface area contributed by atoms with Crippen LogP contribution in [-0.4, -0.2) is 66.7 Å². The number of aliphatic imine (C=N–C) groups is 1. The van der Waals surface area contributed by atoms with Crippen LogP contribution in [-0.2, 0) is 9.53 Å². The molecular formula is C49H69ClF2N4O2S. The predicted octanol–water partition coefficient (Wildman–Crippen LogP) is 13.0. The highest BCUT2D eigenvalue weighted by Gasteiger charge is 2.51. The van der Waals surface area contributed by atoms with Crippen molar-refractivity contribution in [3.63, 3.8) is 0 Å². The summed E-state index contributed by atoms with van der Waals surface area (Å²) >= 11 is 8.72. The number of ketones is 1. The van der Waals surface area contributed by atoms with Gasteiger partial charge in [-0.25, -0.2) is 13.8 Å². The number of hydrogen-bond acceptors (Lipinski definition) is 7. The molecule has 0 amide bonds. The summed E-state index contributed by atoms with van der Waals surface area (Å²) in [6, 6.07) is 3.82. The fraction of sp³-hybridized carbons (Fsp3) is 0.592. The normalized spacial score (nSPS) is 22.8. The highest BCUT2D eigenvalue weighted by atomic mass is 35.5. The molecular weight excluding hydrogens is 782 g/mol. The molecule has 2 aliphatic carbocycles. The van der Waals surface area contributed by atoms with E-state index < -0.39 is 5.83 Å². The van der Waals surface area contributed by atoms with Gasteiger partial charge < -0.3 is 15.0 Å². The number of ether oxygens (including phenoxy) is 1. The lowest BCUT2D eigenvalue weighted by molar-refractivity contribution is -0.112. The number of allylic oxidation sites excluding steroid dienone is 8. The highest BCUT2D eigenvalue weighted by molar-refractivity contribution is 7.19. The second-order valence-corrected chi connectivity index (χ2v) is 19.4. The molecule has 59 heavy (non-hydrogen) atoms. The Labute approximate surface area is 362 Å². The van der Waals surface area contributed by atoms with Crippen LogP contribution in [0, 0.1) is 23.1 Å². The summed E-state index contributed by atoms with van der Waals surface area (Å²) in [4.78, 5) is 20.7. The third-order valence-electron chi connectivity index (χ3n) is 12.8. The van der Waals surface area contributed by atoms with Gasteiger partial charge in [0, 0.05) is 65.4 Å². The molecule has 324 valence electrons. The van der Waals surface area contributed by atoms with E-state index in [1.54, 1.807) is 6.07 Å². The fourth-order valence-corrected chi connectivity index (χ4v) is 10.3. The molecule has 2 aromatic rings. The average Bonchev–Trinajstić information content (AvgIpc) is 4.11. The number of halogens is 3. The van der Waals surface area contributed by atoms with Crippen molar-refractivity contribution in [2.75, 3.05) is 33.3 Å². The van der Waals surface area contributed by atoms with Crippen LogP contribution >= 0.6 is 22.9 Å². The molecule has 0 bridgehead atoms. The van der Waals surface area contributed by atoms with Crippen molar-refractivity contribution < 1.29 is 18.3 Å². The number of nitrogens with one attached hydrogen (secondary N) is 1. The maximum atomic E-state index is 17.9. The van der Waals surface area contributed by atoms with Crippen LogP contribution in [0.3, 0.4) is 0 Å². The molecule has 3 fully saturated rings. The molecule has 1 N–H and O–H groups in total. The zero-order valence-corrected chi connectivity index (χ0v) is 39.1. The number of nitrogens with zero attached hydrogens (tertiary/aromatic N) is 3. The van der Waals surface area contributed by atoms with E-state index in [1.807, 2.05) is 12.2 Å². The Kier molecular flexibility index (Phi) is 16.1. The second kappa shape index (κ2) is 20.2. The number of carbonyl (C=O) groups is 1. The third kappa shape index (κ3) is 10.9. The van der Waals surface area contributed by atoms with Gasteiger partial charge in [-0.3, -0.25) is 9.69 Å². The zero-order valence-electron chi connectivity index (χ0n) is 37.5. The first-order valence-corrected chi connectivity index (χ1v) is 23.2. The van der Waals surface area contributed by atoms with Crippen molar-refractivity contribution in [3.8, 4) is 0 Å². The van der Waals surface area contributed by atoms with Gasteiger partial charge in [0.05, 0.1) is 9.73 Å². The Balaban J connectivity index is 0.00000125. The molecule has 6 nitrogen and oxygen atoms in total. The molecule has 4 aliphatic rings. The summed E-state index contributed by atoms with van der Waals surface area (Å²) < 4.78 is 40.6. The summed E-state index contributed by atoms with van der Waals surface area (Å²) in [5.74, 6) is 0.845. The van der Waals surface area contributed by atoms with Gasteiger partial charge in [0.1, 0.15) is 18.1 Å². The van der Waals surface area contributed by atoms with E-state index in [0.29, 0.717) is 58.0 Å². The molecule has 6 rings (SSSR count). The largest absolute Gasteiger partial charge is 0.476 e. The van der Waals surface area contributed by atoms with E-state index >= 15 is 8.78 Å². The Morgan fingerprint density at radius 1 is 1.15 bits per heavy atom. The van der Waals surface area contributed by atoms with Crippen LogP contribution in [0.25, 0.3) is 15.7 Å². The van der Waals surface area contributed by atoms with E-state index in [2.05, 4.69) is 91.1 Å². The van der Waals surface area contributed by atoms with Crippen LogP contribution in [0.1, 0.15) is 142 Å². The molecule has 2 saturated heterocycles. The Morgan fingerprint density at radius 2 is 1.83 bits per heavy atom.